The average Bonchev–Trinajstić information content (AvgIpc) is 3.20. The van der Waals surface area contributed by atoms with Gasteiger partial charge in [-0.25, -0.2) is 4.79 Å². The van der Waals surface area contributed by atoms with Gasteiger partial charge in [-0.1, -0.05) is 16.5 Å². The van der Waals surface area contributed by atoms with Crippen molar-refractivity contribution in [2.75, 3.05) is 31.5 Å². The lowest BCUT2D eigenvalue weighted by Crippen LogP contribution is -2.49. The van der Waals surface area contributed by atoms with Gasteiger partial charge in [0.15, 0.2) is 5.82 Å². The summed E-state index contributed by atoms with van der Waals surface area (Å²) in [7, 11) is 0. The van der Waals surface area contributed by atoms with E-state index in [-0.39, 0.29) is 6.03 Å². The molecule has 0 radical (unpaired) electrons. The normalized spacial score (nSPS) is 18.8. The highest BCUT2D eigenvalue weighted by molar-refractivity contribution is 7.15. The van der Waals surface area contributed by atoms with E-state index in [1.165, 1.54) is 11.3 Å². The number of carbonyl (C=O) groups is 1. The predicted molar refractivity (Wildman–Crippen MR) is 86.8 cm³/mol. The summed E-state index contributed by atoms with van der Waals surface area (Å²) in [6.45, 7) is 5.43. The predicted octanol–water partition coefficient (Wildman–Crippen LogP) is 1.46. The first kappa shape index (κ1) is 15.5. The highest BCUT2D eigenvalue weighted by atomic mass is 32.1. The van der Waals surface area contributed by atoms with Gasteiger partial charge in [-0.15, -0.1) is 10.2 Å². The molecular weight excluding hydrogens is 330 g/mol. The maximum atomic E-state index is 12.2. The summed E-state index contributed by atoms with van der Waals surface area (Å²) in [5.41, 5.74) is 0. The minimum atomic E-state index is -0.124. The summed E-state index contributed by atoms with van der Waals surface area (Å²) in [5, 5.41) is 16.0. The Balaban J connectivity index is 1.25. The van der Waals surface area contributed by atoms with Gasteiger partial charge in [-0.05, 0) is 19.8 Å². The fraction of sp³-hybridized carbons (Fsp3) is 0.643. The number of hydrogen-bond donors (Lipinski definition) is 1. The quantitative estimate of drug-likeness (QED) is 0.891. The maximum absolute atomic E-state index is 12.2. The molecule has 10 heteroatoms. The molecule has 0 spiro atoms. The molecule has 2 fully saturated rings. The van der Waals surface area contributed by atoms with Gasteiger partial charge >= 0.3 is 6.03 Å². The van der Waals surface area contributed by atoms with Crippen LogP contribution >= 0.6 is 11.3 Å². The minimum Gasteiger partial charge on any atom is -0.339 e. The second-order valence-electron chi connectivity index (χ2n) is 6.14. The van der Waals surface area contributed by atoms with E-state index in [0.29, 0.717) is 30.7 Å². The molecule has 0 unspecified atom stereocenters. The van der Waals surface area contributed by atoms with Crippen LogP contribution in [0.2, 0.25) is 0 Å². The number of carbonyl (C=O) groups excluding carboxylic acids is 1. The van der Waals surface area contributed by atoms with E-state index in [9.17, 15) is 4.79 Å². The standard InChI is InChI=1S/C14H19N7O2S/c1-9-17-18-13(24-9)16-14(22)21-6-4-20(5-7-21)8-11-15-12(23-19-11)10-2-3-10/h10H,2-8H2,1H3,(H,16,18,22). The van der Waals surface area contributed by atoms with Crippen LogP contribution < -0.4 is 5.32 Å². The lowest BCUT2D eigenvalue weighted by molar-refractivity contribution is 0.140. The summed E-state index contributed by atoms with van der Waals surface area (Å²) < 4.78 is 5.28. The van der Waals surface area contributed by atoms with Gasteiger partial charge in [0.05, 0.1) is 6.54 Å². The van der Waals surface area contributed by atoms with Crippen LogP contribution in [0.1, 0.15) is 35.5 Å². The van der Waals surface area contributed by atoms with Gasteiger partial charge in [-0.2, -0.15) is 4.98 Å². The van der Waals surface area contributed by atoms with E-state index in [0.717, 1.165) is 42.7 Å². The van der Waals surface area contributed by atoms with Gasteiger partial charge in [0.1, 0.15) is 5.01 Å². The van der Waals surface area contributed by atoms with Gasteiger partial charge in [0.2, 0.25) is 11.0 Å². The summed E-state index contributed by atoms with van der Waals surface area (Å²) >= 11 is 1.37. The van der Waals surface area contributed by atoms with Gasteiger partial charge in [-0.3, -0.25) is 10.2 Å². The molecule has 3 heterocycles. The van der Waals surface area contributed by atoms with Crippen molar-refractivity contribution in [3.63, 3.8) is 0 Å². The van der Waals surface area contributed by atoms with Crippen LogP contribution in [0.5, 0.6) is 0 Å². The first-order valence-corrected chi connectivity index (χ1v) is 8.90. The number of amides is 2. The van der Waals surface area contributed by atoms with Crippen molar-refractivity contribution in [2.24, 2.45) is 0 Å². The van der Waals surface area contributed by atoms with E-state index in [1.807, 2.05) is 6.92 Å². The highest BCUT2D eigenvalue weighted by Gasteiger charge is 2.30. The van der Waals surface area contributed by atoms with E-state index < -0.39 is 0 Å². The molecule has 1 N–H and O–H groups in total. The second kappa shape index (κ2) is 6.44. The van der Waals surface area contributed by atoms with E-state index in [1.54, 1.807) is 4.90 Å². The Kier molecular flexibility index (Phi) is 4.15. The molecule has 2 aliphatic rings. The molecule has 0 aromatic carbocycles. The summed E-state index contributed by atoms with van der Waals surface area (Å²) in [6, 6.07) is -0.124. The zero-order valence-electron chi connectivity index (χ0n) is 13.4. The average molecular weight is 349 g/mol. The van der Waals surface area contributed by atoms with Gasteiger partial charge < -0.3 is 9.42 Å². The molecular formula is C14H19N7O2S. The molecule has 0 atom stereocenters. The molecule has 4 rings (SSSR count). The van der Waals surface area contributed by atoms with Gasteiger partial charge in [0.25, 0.3) is 0 Å². The first-order chi connectivity index (χ1) is 11.7. The van der Waals surface area contributed by atoms with Crippen molar-refractivity contribution in [1.29, 1.82) is 0 Å². The smallest absolute Gasteiger partial charge is 0.323 e. The van der Waals surface area contributed by atoms with Crippen LogP contribution in [-0.4, -0.2) is 62.3 Å². The Morgan fingerprint density at radius 3 is 2.75 bits per heavy atom. The molecule has 24 heavy (non-hydrogen) atoms. The second-order valence-corrected chi connectivity index (χ2v) is 7.32. The van der Waals surface area contributed by atoms with Crippen LogP contribution in [0.15, 0.2) is 4.52 Å². The van der Waals surface area contributed by atoms with Crippen molar-refractivity contribution >= 4 is 22.5 Å². The molecule has 0 bridgehead atoms. The van der Waals surface area contributed by atoms with Crippen LogP contribution in [0.3, 0.4) is 0 Å². The molecule has 1 saturated carbocycles. The molecule has 9 nitrogen and oxygen atoms in total. The Morgan fingerprint density at radius 1 is 1.29 bits per heavy atom. The van der Waals surface area contributed by atoms with Crippen molar-refractivity contribution in [3.8, 4) is 0 Å². The number of nitrogens with one attached hydrogen (secondary N) is 1. The Morgan fingerprint density at radius 2 is 2.08 bits per heavy atom. The molecule has 2 amide bonds. The van der Waals surface area contributed by atoms with Crippen LogP contribution in [0, 0.1) is 6.92 Å². The molecule has 1 aliphatic carbocycles. The van der Waals surface area contributed by atoms with Crippen molar-refractivity contribution in [3.05, 3.63) is 16.7 Å². The Bertz CT molecular complexity index is 718. The Hall–Kier alpha value is -2.07. The van der Waals surface area contributed by atoms with E-state index in [2.05, 4.69) is 30.6 Å². The zero-order valence-corrected chi connectivity index (χ0v) is 14.3. The SMILES string of the molecule is Cc1nnc(NC(=O)N2CCN(Cc3noc(C4CC4)n3)CC2)s1. The number of aryl methyl sites for hydroxylation is 1. The zero-order chi connectivity index (χ0) is 16.5. The van der Waals surface area contributed by atoms with E-state index >= 15 is 0 Å². The number of rotatable bonds is 4. The summed E-state index contributed by atoms with van der Waals surface area (Å²) in [4.78, 5) is 20.7. The van der Waals surface area contributed by atoms with Crippen LogP contribution in [-0.2, 0) is 6.54 Å². The van der Waals surface area contributed by atoms with Crippen molar-refractivity contribution in [2.45, 2.75) is 32.2 Å². The molecule has 128 valence electrons. The molecule has 1 aliphatic heterocycles. The number of aromatic nitrogens is 4. The lowest BCUT2D eigenvalue weighted by Gasteiger charge is -2.33. The number of piperazine rings is 1. The van der Waals surface area contributed by atoms with Crippen molar-refractivity contribution < 1.29 is 9.32 Å². The molecule has 2 aromatic rings. The molecule has 2 aromatic heterocycles. The fourth-order valence-electron chi connectivity index (χ4n) is 2.65. The third-order valence-electron chi connectivity index (χ3n) is 4.17. The number of nitrogens with zero attached hydrogens (tertiary/aromatic N) is 6. The molecule has 1 saturated heterocycles. The van der Waals surface area contributed by atoms with Crippen LogP contribution in [0.4, 0.5) is 9.93 Å². The first-order valence-electron chi connectivity index (χ1n) is 8.08. The van der Waals surface area contributed by atoms with Crippen LogP contribution in [0.25, 0.3) is 0 Å². The number of hydrogen-bond acceptors (Lipinski definition) is 8. The number of anilines is 1. The van der Waals surface area contributed by atoms with Crippen molar-refractivity contribution in [1.82, 2.24) is 30.1 Å². The maximum Gasteiger partial charge on any atom is 0.323 e. The lowest BCUT2D eigenvalue weighted by atomic mass is 10.3. The number of urea groups is 1. The monoisotopic (exact) mass is 349 g/mol. The third-order valence-corrected chi connectivity index (χ3v) is 4.93. The highest BCUT2D eigenvalue weighted by Crippen LogP contribution is 2.38. The van der Waals surface area contributed by atoms with E-state index in [4.69, 9.17) is 4.52 Å². The summed E-state index contributed by atoms with van der Waals surface area (Å²) in [5.74, 6) is 1.99. The Labute approximate surface area is 143 Å². The van der Waals surface area contributed by atoms with Gasteiger partial charge in [0, 0.05) is 32.1 Å². The third kappa shape index (κ3) is 3.54. The summed E-state index contributed by atoms with van der Waals surface area (Å²) in [6.07, 6.45) is 2.31. The minimum absolute atomic E-state index is 0.124. The fourth-order valence-corrected chi connectivity index (χ4v) is 3.24. The topological polar surface area (TPSA) is 100 Å². The largest absolute Gasteiger partial charge is 0.339 e.